The number of carbonyl (C=O) groups is 2. The molecular weight excluding hydrogens is 367 g/mol. The average molecular weight is 383 g/mol. The summed E-state index contributed by atoms with van der Waals surface area (Å²) >= 11 is 12.4. The van der Waals surface area contributed by atoms with Crippen molar-refractivity contribution in [2.75, 3.05) is 0 Å². The third kappa shape index (κ3) is 3.50. The minimum absolute atomic E-state index is 0.197. The maximum atomic E-state index is 12.7. The van der Waals surface area contributed by atoms with Gasteiger partial charge in [-0.15, -0.1) is 0 Å². The zero-order valence-electron chi connectivity index (χ0n) is 13.4. The first-order chi connectivity index (χ1) is 11.9. The standard InChI is InChI=1S/C17H16Cl2N2O4/c1-8-13(16(22)20-10-6-5-9(7-10)17(23)24)15(21-25-8)14-11(18)3-2-4-12(14)19/h2-4,9-10H,5-7H2,1H3,(H,20,22)(H,23,24)/t9-,10+/m0/s1. The molecule has 2 N–H and O–H groups in total. The third-order valence-corrected chi connectivity index (χ3v) is 5.04. The van der Waals surface area contributed by atoms with E-state index in [1.54, 1.807) is 25.1 Å². The first kappa shape index (κ1) is 17.8. The maximum Gasteiger partial charge on any atom is 0.306 e. The molecule has 0 spiro atoms. The number of carbonyl (C=O) groups excluding carboxylic acids is 1. The fraction of sp³-hybridized carbons (Fsp3) is 0.353. The molecule has 1 fully saturated rings. The van der Waals surface area contributed by atoms with Crippen molar-refractivity contribution in [2.24, 2.45) is 5.92 Å². The molecule has 0 radical (unpaired) electrons. The highest BCUT2D eigenvalue weighted by molar-refractivity contribution is 6.39. The molecule has 0 aliphatic heterocycles. The van der Waals surface area contributed by atoms with Crippen molar-refractivity contribution in [2.45, 2.75) is 32.2 Å². The molecule has 132 valence electrons. The minimum Gasteiger partial charge on any atom is -0.481 e. The van der Waals surface area contributed by atoms with Gasteiger partial charge in [0.1, 0.15) is 17.0 Å². The number of nitrogens with one attached hydrogen (secondary N) is 1. The van der Waals surface area contributed by atoms with Gasteiger partial charge in [-0.1, -0.05) is 34.4 Å². The highest BCUT2D eigenvalue weighted by Crippen LogP contribution is 2.37. The number of carboxylic acids is 1. The molecule has 0 unspecified atom stereocenters. The van der Waals surface area contributed by atoms with Crippen molar-refractivity contribution in [1.29, 1.82) is 0 Å². The van der Waals surface area contributed by atoms with E-state index in [4.69, 9.17) is 32.8 Å². The van der Waals surface area contributed by atoms with Crippen molar-refractivity contribution in [3.63, 3.8) is 0 Å². The summed E-state index contributed by atoms with van der Waals surface area (Å²) in [4.78, 5) is 23.8. The van der Waals surface area contributed by atoms with E-state index in [9.17, 15) is 9.59 Å². The number of hydrogen-bond acceptors (Lipinski definition) is 4. The second-order valence-corrected chi connectivity index (χ2v) is 6.89. The van der Waals surface area contributed by atoms with Crippen molar-refractivity contribution in [3.8, 4) is 11.3 Å². The molecule has 2 aromatic rings. The van der Waals surface area contributed by atoms with Crippen LogP contribution >= 0.6 is 23.2 Å². The number of amides is 1. The Kier molecular flexibility index (Phi) is 5.01. The topological polar surface area (TPSA) is 92.4 Å². The minimum atomic E-state index is -0.832. The number of aryl methyl sites for hydroxylation is 1. The molecular formula is C17H16Cl2N2O4. The molecule has 3 rings (SSSR count). The Hall–Kier alpha value is -2.05. The fourth-order valence-corrected chi connectivity index (χ4v) is 3.71. The van der Waals surface area contributed by atoms with Crippen LogP contribution in [-0.4, -0.2) is 28.2 Å². The number of benzene rings is 1. The fourth-order valence-electron chi connectivity index (χ4n) is 3.13. The summed E-state index contributed by atoms with van der Waals surface area (Å²) in [6, 6.07) is 4.81. The lowest BCUT2D eigenvalue weighted by molar-refractivity contribution is -0.141. The predicted octanol–water partition coefficient (Wildman–Crippen LogP) is 3.94. The maximum absolute atomic E-state index is 12.7. The largest absolute Gasteiger partial charge is 0.481 e. The number of rotatable bonds is 4. The molecule has 1 aromatic carbocycles. The van der Waals surface area contributed by atoms with Crippen LogP contribution in [0.3, 0.4) is 0 Å². The highest BCUT2D eigenvalue weighted by Gasteiger charge is 2.32. The molecule has 2 atom stereocenters. The number of aliphatic carboxylic acids is 1. The van der Waals surface area contributed by atoms with Crippen molar-refractivity contribution < 1.29 is 19.2 Å². The molecule has 1 aliphatic carbocycles. The summed E-state index contributed by atoms with van der Waals surface area (Å²) in [6.07, 6.45) is 1.58. The van der Waals surface area contributed by atoms with E-state index in [1.165, 1.54) is 0 Å². The van der Waals surface area contributed by atoms with E-state index in [1.807, 2.05) is 0 Å². The zero-order chi connectivity index (χ0) is 18.1. The molecule has 1 aliphatic rings. The van der Waals surface area contributed by atoms with E-state index < -0.39 is 11.9 Å². The van der Waals surface area contributed by atoms with E-state index in [0.717, 1.165) is 0 Å². The van der Waals surface area contributed by atoms with Gasteiger partial charge in [-0.2, -0.15) is 0 Å². The number of halogens is 2. The lowest BCUT2D eigenvalue weighted by Crippen LogP contribution is -2.33. The van der Waals surface area contributed by atoms with Crippen molar-refractivity contribution in [1.82, 2.24) is 10.5 Å². The zero-order valence-corrected chi connectivity index (χ0v) is 14.9. The number of nitrogens with zero attached hydrogens (tertiary/aromatic N) is 1. The van der Waals surface area contributed by atoms with Gasteiger partial charge in [0, 0.05) is 11.6 Å². The Balaban J connectivity index is 1.87. The molecule has 1 saturated carbocycles. The van der Waals surface area contributed by atoms with Crippen LogP contribution in [0.15, 0.2) is 22.7 Å². The van der Waals surface area contributed by atoms with Crippen molar-refractivity contribution >= 4 is 35.1 Å². The van der Waals surface area contributed by atoms with E-state index in [2.05, 4.69) is 10.5 Å². The summed E-state index contributed by atoms with van der Waals surface area (Å²) < 4.78 is 5.18. The Morgan fingerprint density at radius 1 is 1.28 bits per heavy atom. The summed E-state index contributed by atoms with van der Waals surface area (Å²) in [5.74, 6) is -1.29. The van der Waals surface area contributed by atoms with Crippen LogP contribution in [0.2, 0.25) is 10.0 Å². The van der Waals surface area contributed by atoms with E-state index >= 15 is 0 Å². The van der Waals surface area contributed by atoms with Crippen molar-refractivity contribution in [3.05, 3.63) is 39.6 Å². The summed E-state index contributed by atoms with van der Waals surface area (Å²) in [5, 5.41) is 16.6. The third-order valence-electron chi connectivity index (χ3n) is 4.41. The van der Waals surface area contributed by atoms with Gasteiger partial charge >= 0.3 is 5.97 Å². The van der Waals surface area contributed by atoms with Gasteiger partial charge in [0.05, 0.1) is 16.0 Å². The van der Waals surface area contributed by atoms with Gasteiger partial charge in [0.25, 0.3) is 5.91 Å². The van der Waals surface area contributed by atoms with Gasteiger partial charge in [0.2, 0.25) is 0 Å². The van der Waals surface area contributed by atoms with Crippen LogP contribution in [0.25, 0.3) is 11.3 Å². The van der Waals surface area contributed by atoms with E-state index in [0.29, 0.717) is 40.6 Å². The Labute approximate surface area is 154 Å². The van der Waals surface area contributed by atoms with Crippen LogP contribution in [0, 0.1) is 12.8 Å². The number of aromatic nitrogens is 1. The Morgan fingerprint density at radius 3 is 2.56 bits per heavy atom. The lowest BCUT2D eigenvalue weighted by Gasteiger charge is -2.13. The van der Waals surface area contributed by atoms with Crippen LogP contribution in [-0.2, 0) is 4.79 Å². The predicted molar refractivity (Wildman–Crippen MR) is 92.9 cm³/mol. The summed E-state index contributed by atoms with van der Waals surface area (Å²) in [5.41, 5.74) is 0.967. The lowest BCUT2D eigenvalue weighted by atomic mass is 10.0. The first-order valence-electron chi connectivity index (χ1n) is 7.82. The molecule has 6 nitrogen and oxygen atoms in total. The smallest absolute Gasteiger partial charge is 0.306 e. The second-order valence-electron chi connectivity index (χ2n) is 6.08. The monoisotopic (exact) mass is 382 g/mol. The Bertz CT molecular complexity index is 814. The summed E-state index contributed by atoms with van der Waals surface area (Å²) in [7, 11) is 0. The molecule has 0 bridgehead atoms. The normalized spacial score (nSPS) is 19.8. The molecule has 25 heavy (non-hydrogen) atoms. The quantitative estimate of drug-likeness (QED) is 0.834. The van der Waals surface area contributed by atoms with Crippen LogP contribution in [0.1, 0.15) is 35.4 Å². The van der Waals surface area contributed by atoms with Crippen LogP contribution in [0.5, 0.6) is 0 Å². The van der Waals surface area contributed by atoms with Gasteiger partial charge in [-0.25, -0.2) is 0 Å². The summed E-state index contributed by atoms with van der Waals surface area (Å²) in [6.45, 7) is 1.63. The molecule has 1 heterocycles. The number of hydrogen-bond donors (Lipinski definition) is 2. The van der Waals surface area contributed by atoms with Gasteiger partial charge in [0.15, 0.2) is 0 Å². The molecule has 1 aromatic heterocycles. The first-order valence-corrected chi connectivity index (χ1v) is 8.58. The second kappa shape index (κ2) is 7.06. The molecule has 1 amide bonds. The molecule has 0 saturated heterocycles. The Morgan fingerprint density at radius 2 is 1.96 bits per heavy atom. The van der Waals surface area contributed by atoms with Gasteiger partial charge in [-0.05, 0) is 38.3 Å². The van der Waals surface area contributed by atoms with E-state index in [-0.39, 0.29) is 23.2 Å². The SMILES string of the molecule is Cc1onc(-c2c(Cl)cccc2Cl)c1C(=O)N[C@@H]1CC[C@H](C(=O)O)C1. The van der Waals surface area contributed by atoms with Gasteiger partial charge < -0.3 is 14.9 Å². The molecule has 8 heteroatoms. The van der Waals surface area contributed by atoms with Crippen LogP contribution < -0.4 is 5.32 Å². The van der Waals surface area contributed by atoms with Crippen LogP contribution in [0.4, 0.5) is 0 Å². The number of carboxylic acid groups (broad SMARTS) is 1. The van der Waals surface area contributed by atoms with Gasteiger partial charge in [-0.3, -0.25) is 9.59 Å². The highest BCUT2D eigenvalue weighted by atomic mass is 35.5. The average Bonchev–Trinajstić information content (AvgIpc) is 3.14.